The van der Waals surface area contributed by atoms with E-state index < -0.39 is 5.97 Å². The van der Waals surface area contributed by atoms with Crippen molar-refractivity contribution in [1.29, 1.82) is 0 Å². The van der Waals surface area contributed by atoms with Crippen LogP contribution in [0.15, 0.2) is 42.5 Å². The Labute approximate surface area is 151 Å². The van der Waals surface area contributed by atoms with Crippen LogP contribution in [0.5, 0.6) is 11.5 Å². The molecule has 0 aliphatic carbocycles. The van der Waals surface area contributed by atoms with Gasteiger partial charge in [0.05, 0.1) is 0 Å². The molecule has 26 heavy (non-hydrogen) atoms. The average molecular weight is 353 g/mol. The van der Waals surface area contributed by atoms with E-state index in [0.29, 0.717) is 17.2 Å². The van der Waals surface area contributed by atoms with Crippen LogP contribution in [-0.2, 0) is 14.3 Å². The van der Waals surface area contributed by atoms with Crippen molar-refractivity contribution in [3.8, 4) is 11.5 Å². The second kappa shape index (κ2) is 7.74. The van der Waals surface area contributed by atoms with Gasteiger partial charge in [0.1, 0.15) is 0 Å². The molecule has 6 nitrogen and oxygen atoms in total. The zero-order valence-electron chi connectivity index (χ0n) is 14.6. The topological polar surface area (TPSA) is 73.9 Å². The summed E-state index contributed by atoms with van der Waals surface area (Å²) in [4.78, 5) is 23.7. The number of rotatable bonds is 5. The maximum Gasteiger partial charge on any atom is 0.331 e. The molecule has 0 spiro atoms. The number of benzene rings is 2. The Morgan fingerprint density at radius 1 is 1.12 bits per heavy atom. The van der Waals surface area contributed by atoms with E-state index in [2.05, 4.69) is 5.32 Å². The third-order valence-corrected chi connectivity index (χ3v) is 3.81. The van der Waals surface area contributed by atoms with Crippen molar-refractivity contribution in [2.45, 2.75) is 13.8 Å². The van der Waals surface area contributed by atoms with Crippen LogP contribution >= 0.6 is 0 Å². The first-order valence-electron chi connectivity index (χ1n) is 8.13. The summed E-state index contributed by atoms with van der Waals surface area (Å²) in [6, 6.07) is 11.0. The van der Waals surface area contributed by atoms with Gasteiger partial charge < -0.3 is 19.5 Å². The van der Waals surface area contributed by atoms with E-state index in [9.17, 15) is 9.59 Å². The summed E-state index contributed by atoms with van der Waals surface area (Å²) in [5.41, 5.74) is 3.53. The molecule has 1 aliphatic heterocycles. The molecule has 0 fully saturated rings. The van der Waals surface area contributed by atoms with Crippen molar-refractivity contribution in [1.82, 2.24) is 0 Å². The second-order valence-electron chi connectivity index (χ2n) is 5.92. The van der Waals surface area contributed by atoms with E-state index in [1.165, 1.54) is 6.08 Å². The van der Waals surface area contributed by atoms with Gasteiger partial charge in [-0.25, -0.2) is 4.79 Å². The number of nitrogens with one attached hydrogen (secondary N) is 1. The van der Waals surface area contributed by atoms with E-state index in [4.69, 9.17) is 14.2 Å². The van der Waals surface area contributed by atoms with Crippen LogP contribution in [0.2, 0.25) is 0 Å². The van der Waals surface area contributed by atoms with Gasteiger partial charge in [0.25, 0.3) is 5.91 Å². The summed E-state index contributed by atoms with van der Waals surface area (Å²) in [5, 5.41) is 2.72. The number of esters is 1. The molecular formula is C20H19NO5. The number of carbonyl (C=O) groups excluding carboxylic acids is 2. The lowest BCUT2D eigenvalue weighted by atomic mass is 10.1. The molecule has 1 N–H and O–H groups in total. The van der Waals surface area contributed by atoms with Crippen LogP contribution < -0.4 is 14.8 Å². The smallest absolute Gasteiger partial charge is 0.331 e. The van der Waals surface area contributed by atoms with Crippen LogP contribution in [0.25, 0.3) is 6.08 Å². The number of hydrogen-bond acceptors (Lipinski definition) is 5. The number of anilines is 1. The zero-order valence-corrected chi connectivity index (χ0v) is 14.6. The van der Waals surface area contributed by atoms with Crippen LogP contribution in [0, 0.1) is 13.8 Å². The fourth-order valence-corrected chi connectivity index (χ4v) is 2.51. The highest BCUT2D eigenvalue weighted by Gasteiger charge is 2.12. The highest BCUT2D eigenvalue weighted by molar-refractivity contribution is 5.95. The van der Waals surface area contributed by atoms with E-state index in [0.717, 1.165) is 16.7 Å². The standard InChI is InChI=1S/C20H19NO5/c1-13-3-6-16(14(2)9-13)21-19(22)11-24-20(23)8-5-15-4-7-17-18(10-15)26-12-25-17/h3-10H,11-12H2,1-2H3,(H,21,22)/b8-5+. The van der Waals surface area contributed by atoms with Crippen molar-refractivity contribution in [3.63, 3.8) is 0 Å². The van der Waals surface area contributed by atoms with Gasteiger partial charge in [0.15, 0.2) is 18.1 Å². The summed E-state index contributed by atoms with van der Waals surface area (Å²) < 4.78 is 15.5. The first kappa shape index (κ1) is 17.5. The lowest BCUT2D eigenvalue weighted by Gasteiger charge is -2.09. The average Bonchev–Trinajstić information content (AvgIpc) is 3.08. The maximum absolute atomic E-state index is 11.9. The molecular weight excluding hydrogens is 334 g/mol. The first-order chi connectivity index (χ1) is 12.5. The SMILES string of the molecule is Cc1ccc(NC(=O)COC(=O)/C=C/c2ccc3c(c2)OCO3)c(C)c1. The molecule has 0 bridgehead atoms. The molecule has 1 aliphatic rings. The molecule has 0 saturated heterocycles. The Kier molecular flexibility index (Phi) is 5.22. The summed E-state index contributed by atoms with van der Waals surface area (Å²) in [6.07, 6.45) is 2.86. The first-order valence-corrected chi connectivity index (χ1v) is 8.13. The predicted octanol–water partition coefficient (Wildman–Crippen LogP) is 3.23. The van der Waals surface area contributed by atoms with Crippen molar-refractivity contribution in [3.05, 3.63) is 59.2 Å². The molecule has 2 aromatic rings. The van der Waals surface area contributed by atoms with Gasteiger partial charge in [-0.3, -0.25) is 4.79 Å². The van der Waals surface area contributed by atoms with E-state index in [-0.39, 0.29) is 19.3 Å². The summed E-state index contributed by atoms with van der Waals surface area (Å²) in [7, 11) is 0. The third-order valence-electron chi connectivity index (χ3n) is 3.81. The molecule has 3 rings (SSSR count). The predicted molar refractivity (Wildman–Crippen MR) is 97.1 cm³/mol. The molecule has 134 valence electrons. The monoisotopic (exact) mass is 353 g/mol. The van der Waals surface area contributed by atoms with Crippen molar-refractivity contribution in [2.75, 3.05) is 18.7 Å². The largest absolute Gasteiger partial charge is 0.454 e. The minimum absolute atomic E-state index is 0.195. The van der Waals surface area contributed by atoms with Crippen LogP contribution in [-0.4, -0.2) is 25.3 Å². The fourth-order valence-electron chi connectivity index (χ4n) is 2.51. The summed E-state index contributed by atoms with van der Waals surface area (Å²) in [5.74, 6) is 0.321. The minimum atomic E-state index is -0.599. The van der Waals surface area contributed by atoms with Gasteiger partial charge in [-0.1, -0.05) is 23.8 Å². The molecule has 1 heterocycles. The summed E-state index contributed by atoms with van der Waals surface area (Å²) in [6.45, 7) is 3.73. The van der Waals surface area contributed by atoms with E-state index in [1.807, 2.05) is 32.0 Å². The van der Waals surface area contributed by atoms with Gasteiger partial charge in [0, 0.05) is 11.8 Å². The number of fused-ring (bicyclic) bond motifs is 1. The number of hydrogen-bond donors (Lipinski definition) is 1. The molecule has 0 aromatic heterocycles. The zero-order chi connectivity index (χ0) is 18.5. The molecule has 6 heteroatoms. The van der Waals surface area contributed by atoms with Crippen molar-refractivity contribution >= 4 is 23.6 Å². The van der Waals surface area contributed by atoms with Gasteiger partial charge >= 0.3 is 5.97 Å². The number of aryl methyl sites for hydroxylation is 2. The molecule has 0 radical (unpaired) electrons. The normalized spacial score (nSPS) is 12.2. The highest BCUT2D eigenvalue weighted by atomic mass is 16.7. The summed E-state index contributed by atoms with van der Waals surface area (Å²) >= 11 is 0. The number of amides is 1. The second-order valence-corrected chi connectivity index (χ2v) is 5.92. The third kappa shape index (κ3) is 4.42. The quantitative estimate of drug-likeness (QED) is 0.660. The molecule has 0 unspecified atom stereocenters. The van der Waals surface area contributed by atoms with Gasteiger partial charge in [-0.2, -0.15) is 0 Å². The Bertz CT molecular complexity index is 873. The Morgan fingerprint density at radius 3 is 2.73 bits per heavy atom. The van der Waals surface area contributed by atoms with Crippen molar-refractivity contribution in [2.24, 2.45) is 0 Å². The molecule has 2 aromatic carbocycles. The van der Waals surface area contributed by atoms with Crippen LogP contribution in [0.4, 0.5) is 5.69 Å². The van der Waals surface area contributed by atoms with Crippen LogP contribution in [0.3, 0.4) is 0 Å². The van der Waals surface area contributed by atoms with Crippen LogP contribution in [0.1, 0.15) is 16.7 Å². The Morgan fingerprint density at radius 2 is 1.92 bits per heavy atom. The minimum Gasteiger partial charge on any atom is -0.454 e. The fraction of sp³-hybridized carbons (Fsp3) is 0.200. The van der Waals surface area contributed by atoms with Gasteiger partial charge in [-0.15, -0.1) is 0 Å². The maximum atomic E-state index is 11.9. The molecule has 0 atom stereocenters. The van der Waals surface area contributed by atoms with Gasteiger partial charge in [0.2, 0.25) is 6.79 Å². The Balaban J connectivity index is 1.49. The molecule has 1 amide bonds. The van der Waals surface area contributed by atoms with Crippen molar-refractivity contribution < 1.29 is 23.8 Å². The van der Waals surface area contributed by atoms with E-state index in [1.54, 1.807) is 24.3 Å². The van der Waals surface area contributed by atoms with Gasteiger partial charge in [-0.05, 0) is 49.2 Å². The van der Waals surface area contributed by atoms with E-state index >= 15 is 0 Å². The number of ether oxygens (including phenoxy) is 3. The molecule has 0 saturated carbocycles. The Hall–Kier alpha value is -3.28. The number of carbonyl (C=O) groups is 2. The lowest BCUT2D eigenvalue weighted by Crippen LogP contribution is -2.20. The highest BCUT2D eigenvalue weighted by Crippen LogP contribution is 2.32. The lowest BCUT2D eigenvalue weighted by molar-refractivity contribution is -0.142.